The Morgan fingerprint density at radius 2 is 2.00 bits per heavy atom. The molecule has 0 aliphatic carbocycles. The van der Waals surface area contributed by atoms with E-state index in [1.165, 1.54) is 12.1 Å². The maximum atomic E-state index is 12.5. The number of nitrogens with zero attached hydrogens (tertiary/aromatic N) is 1. The SMILES string of the molecule is CCc1ccc(S(=O)(=O)Cl)cc1C(=O)N1CCOCC1. The maximum Gasteiger partial charge on any atom is 0.261 e. The van der Waals surface area contributed by atoms with E-state index >= 15 is 0 Å². The Morgan fingerprint density at radius 1 is 1.35 bits per heavy atom. The van der Waals surface area contributed by atoms with Gasteiger partial charge in [-0.2, -0.15) is 0 Å². The molecule has 1 amide bonds. The summed E-state index contributed by atoms with van der Waals surface area (Å²) in [4.78, 5) is 14.1. The van der Waals surface area contributed by atoms with Gasteiger partial charge < -0.3 is 9.64 Å². The van der Waals surface area contributed by atoms with Crippen LogP contribution in [0.25, 0.3) is 0 Å². The summed E-state index contributed by atoms with van der Waals surface area (Å²) < 4.78 is 28.0. The van der Waals surface area contributed by atoms with Crippen molar-refractivity contribution in [2.45, 2.75) is 18.2 Å². The lowest BCUT2D eigenvalue weighted by atomic mass is 10.0. The molecule has 0 atom stereocenters. The lowest BCUT2D eigenvalue weighted by Crippen LogP contribution is -2.41. The van der Waals surface area contributed by atoms with Gasteiger partial charge in [0.15, 0.2) is 0 Å². The van der Waals surface area contributed by atoms with E-state index in [9.17, 15) is 13.2 Å². The summed E-state index contributed by atoms with van der Waals surface area (Å²) in [6.07, 6.45) is 0.647. The predicted octanol–water partition coefficient (Wildman–Crippen LogP) is 1.65. The van der Waals surface area contributed by atoms with Gasteiger partial charge in [0.1, 0.15) is 0 Å². The molecule has 0 saturated carbocycles. The zero-order chi connectivity index (χ0) is 14.8. The van der Waals surface area contributed by atoms with Gasteiger partial charge in [0, 0.05) is 29.3 Å². The van der Waals surface area contributed by atoms with Gasteiger partial charge in [0.05, 0.1) is 18.1 Å². The number of morpholine rings is 1. The van der Waals surface area contributed by atoms with Crippen molar-refractivity contribution in [3.63, 3.8) is 0 Å². The Labute approximate surface area is 122 Å². The Bertz CT molecular complexity index is 609. The van der Waals surface area contributed by atoms with Gasteiger partial charge in [-0.25, -0.2) is 8.42 Å². The normalized spacial score (nSPS) is 16.2. The molecule has 1 aromatic rings. The second-order valence-electron chi connectivity index (χ2n) is 4.51. The van der Waals surface area contributed by atoms with E-state index in [1.54, 1.807) is 11.0 Å². The molecule has 1 fully saturated rings. The molecule has 1 aliphatic rings. The van der Waals surface area contributed by atoms with E-state index in [-0.39, 0.29) is 10.8 Å². The standard InChI is InChI=1S/C13H16ClNO4S/c1-2-10-3-4-11(20(14,17)18)9-12(10)13(16)15-5-7-19-8-6-15/h3-4,9H,2,5-8H2,1H3. The van der Waals surface area contributed by atoms with Crippen LogP contribution in [0.1, 0.15) is 22.8 Å². The van der Waals surface area contributed by atoms with Crippen LogP contribution in [0.2, 0.25) is 0 Å². The minimum absolute atomic E-state index is 0.0482. The molecule has 0 radical (unpaired) electrons. The third kappa shape index (κ3) is 3.31. The van der Waals surface area contributed by atoms with Crippen LogP contribution in [0.4, 0.5) is 0 Å². The number of ether oxygens (including phenoxy) is 1. The van der Waals surface area contributed by atoms with Crippen LogP contribution < -0.4 is 0 Å². The number of hydrogen-bond acceptors (Lipinski definition) is 4. The average molecular weight is 318 g/mol. The van der Waals surface area contributed by atoms with E-state index in [2.05, 4.69) is 0 Å². The molecule has 110 valence electrons. The number of carbonyl (C=O) groups is 1. The summed E-state index contributed by atoms with van der Waals surface area (Å²) in [5, 5.41) is 0. The first kappa shape index (κ1) is 15.3. The summed E-state index contributed by atoms with van der Waals surface area (Å²) in [5.74, 6) is -0.174. The predicted molar refractivity (Wildman–Crippen MR) is 75.6 cm³/mol. The molecule has 1 aliphatic heterocycles. The fraction of sp³-hybridized carbons (Fsp3) is 0.462. The highest BCUT2D eigenvalue weighted by atomic mass is 35.7. The van der Waals surface area contributed by atoms with E-state index in [4.69, 9.17) is 15.4 Å². The second kappa shape index (κ2) is 6.11. The molecule has 20 heavy (non-hydrogen) atoms. The number of hydrogen-bond donors (Lipinski definition) is 0. The summed E-state index contributed by atoms with van der Waals surface area (Å²) in [5.41, 5.74) is 1.21. The Kier molecular flexibility index (Phi) is 4.67. The van der Waals surface area contributed by atoms with Gasteiger partial charge in [0.2, 0.25) is 0 Å². The molecule has 0 N–H and O–H groups in total. The molecule has 0 bridgehead atoms. The van der Waals surface area contributed by atoms with E-state index in [0.717, 1.165) is 5.56 Å². The molecule has 7 heteroatoms. The maximum absolute atomic E-state index is 12.5. The van der Waals surface area contributed by atoms with Crippen LogP contribution in [0.3, 0.4) is 0 Å². The molecule has 0 aromatic heterocycles. The third-order valence-electron chi connectivity index (χ3n) is 3.27. The third-order valence-corrected chi connectivity index (χ3v) is 4.62. The highest BCUT2D eigenvalue weighted by molar-refractivity contribution is 8.13. The molecule has 1 saturated heterocycles. The molecular formula is C13H16ClNO4S. The van der Waals surface area contributed by atoms with Gasteiger partial charge in [-0.3, -0.25) is 4.79 Å². The van der Waals surface area contributed by atoms with Gasteiger partial charge in [0.25, 0.3) is 15.0 Å². The van der Waals surface area contributed by atoms with Crippen molar-refractivity contribution in [3.05, 3.63) is 29.3 Å². The second-order valence-corrected chi connectivity index (χ2v) is 7.08. The molecule has 0 unspecified atom stereocenters. The van der Waals surface area contributed by atoms with Crippen molar-refractivity contribution < 1.29 is 17.9 Å². The minimum Gasteiger partial charge on any atom is -0.378 e. The van der Waals surface area contributed by atoms with Crippen LogP contribution in [-0.4, -0.2) is 45.5 Å². The van der Waals surface area contributed by atoms with E-state index in [1.807, 2.05) is 6.92 Å². The monoisotopic (exact) mass is 317 g/mol. The minimum atomic E-state index is -3.84. The van der Waals surface area contributed by atoms with E-state index in [0.29, 0.717) is 38.3 Å². The molecule has 0 spiro atoms. The fourth-order valence-corrected chi connectivity index (χ4v) is 2.93. The van der Waals surface area contributed by atoms with Crippen molar-refractivity contribution in [2.24, 2.45) is 0 Å². The van der Waals surface area contributed by atoms with Crippen molar-refractivity contribution in [2.75, 3.05) is 26.3 Å². The van der Waals surface area contributed by atoms with Crippen LogP contribution >= 0.6 is 10.7 Å². The van der Waals surface area contributed by atoms with Gasteiger partial charge in [-0.1, -0.05) is 13.0 Å². The molecule has 5 nitrogen and oxygen atoms in total. The zero-order valence-electron chi connectivity index (χ0n) is 11.1. The molecule has 2 rings (SSSR count). The van der Waals surface area contributed by atoms with E-state index < -0.39 is 9.05 Å². The van der Waals surface area contributed by atoms with Gasteiger partial charge in [-0.15, -0.1) is 0 Å². The quantitative estimate of drug-likeness (QED) is 0.795. The number of rotatable bonds is 3. The zero-order valence-corrected chi connectivity index (χ0v) is 12.7. The first-order valence-electron chi connectivity index (χ1n) is 6.38. The molecule has 1 heterocycles. The van der Waals surface area contributed by atoms with Crippen LogP contribution in [0.15, 0.2) is 23.1 Å². The number of amides is 1. The first-order chi connectivity index (χ1) is 9.43. The smallest absolute Gasteiger partial charge is 0.261 e. The highest BCUT2D eigenvalue weighted by Gasteiger charge is 2.22. The van der Waals surface area contributed by atoms with Gasteiger partial charge in [-0.05, 0) is 24.1 Å². The average Bonchev–Trinajstić information content (AvgIpc) is 2.45. The molecular weight excluding hydrogens is 302 g/mol. The lowest BCUT2D eigenvalue weighted by Gasteiger charge is -2.27. The van der Waals surface area contributed by atoms with Crippen LogP contribution in [0, 0.1) is 0 Å². The number of carbonyl (C=O) groups excluding carboxylic acids is 1. The number of halogens is 1. The summed E-state index contributed by atoms with van der Waals surface area (Å²) in [7, 11) is 1.51. The largest absolute Gasteiger partial charge is 0.378 e. The number of benzene rings is 1. The Morgan fingerprint density at radius 3 is 2.55 bits per heavy atom. The Balaban J connectivity index is 2.39. The number of aryl methyl sites for hydroxylation is 1. The Hall–Kier alpha value is -1.11. The van der Waals surface area contributed by atoms with Crippen LogP contribution in [-0.2, 0) is 20.2 Å². The van der Waals surface area contributed by atoms with Crippen molar-refractivity contribution in [1.29, 1.82) is 0 Å². The van der Waals surface area contributed by atoms with Crippen molar-refractivity contribution in [1.82, 2.24) is 4.90 Å². The van der Waals surface area contributed by atoms with Crippen LogP contribution in [0.5, 0.6) is 0 Å². The van der Waals surface area contributed by atoms with Crippen molar-refractivity contribution in [3.8, 4) is 0 Å². The highest BCUT2D eigenvalue weighted by Crippen LogP contribution is 2.21. The first-order valence-corrected chi connectivity index (χ1v) is 8.69. The summed E-state index contributed by atoms with van der Waals surface area (Å²) in [6, 6.07) is 4.43. The lowest BCUT2D eigenvalue weighted by molar-refractivity contribution is 0.0302. The summed E-state index contributed by atoms with van der Waals surface area (Å²) >= 11 is 0. The molecule has 1 aromatic carbocycles. The topological polar surface area (TPSA) is 63.7 Å². The summed E-state index contributed by atoms with van der Waals surface area (Å²) in [6.45, 7) is 3.95. The fourth-order valence-electron chi connectivity index (χ4n) is 2.15. The van der Waals surface area contributed by atoms with Gasteiger partial charge >= 0.3 is 0 Å². The van der Waals surface area contributed by atoms with Crippen molar-refractivity contribution >= 4 is 25.6 Å².